The molecular weight excluding hydrogens is 259 g/mol. The molecule has 0 bridgehead atoms. The monoisotopic (exact) mass is 276 g/mol. The molecule has 0 saturated carbocycles. The minimum Gasteiger partial charge on any atom is -0.352 e. The highest BCUT2D eigenvalue weighted by molar-refractivity contribution is 5.90. The summed E-state index contributed by atoms with van der Waals surface area (Å²) in [6, 6.07) is 5.55. The number of nitrogens with one attached hydrogen (secondary N) is 1. The zero-order valence-electron chi connectivity index (χ0n) is 11.3. The van der Waals surface area contributed by atoms with Crippen molar-refractivity contribution in [1.29, 1.82) is 0 Å². The lowest BCUT2D eigenvalue weighted by molar-refractivity contribution is -0.128. The third-order valence-corrected chi connectivity index (χ3v) is 3.56. The van der Waals surface area contributed by atoms with Gasteiger partial charge in [-0.05, 0) is 17.7 Å². The van der Waals surface area contributed by atoms with E-state index in [1.807, 2.05) is 0 Å². The van der Waals surface area contributed by atoms with Crippen molar-refractivity contribution < 1.29 is 14.0 Å². The number of carbonyl (C=O) groups excluding carboxylic acids is 2. The second kappa shape index (κ2) is 5.86. The van der Waals surface area contributed by atoms with E-state index in [4.69, 9.17) is 0 Å². The second-order valence-electron chi connectivity index (χ2n) is 4.85. The molecule has 1 aromatic rings. The van der Waals surface area contributed by atoms with Crippen LogP contribution in [0.2, 0.25) is 0 Å². The van der Waals surface area contributed by atoms with Crippen molar-refractivity contribution in [2.24, 2.45) is 5.92 Å². The lowest BCUT2D eigenvalue weighted by Gasteiger charge is -2.24. The summed E-state index contributed by atoms with van der Waals surface area (Å²) in [6.07, 6.45) is 1.76. The molecule has 1 aliphatic heterocycles. The molecule has 1 heterocycles. The van der Waals surface area contributed by atoms with Gasteiger partial charge in [-0.25, -0.2) is 4.39 Å². The predicted molar refractivity (Wildman–Crippen MR) is 73.2 cm³/mol. The molecule has 0 radical (unpaired) electrons. The van der Waals surface area contributed by atoms with Crippen LogP contribution in [0, 0.1) is 11.7 Å². The summed E-state index contributed by atoms with van der Waals surface area (Å²) in [4.78, 5) is 25.5. The first kappa shape index (κ1) is 14.2. The third-order valence-electron chi connectivity index (χ3n) is 3.56. The molecule has 20 heavy (non-hydrogen) atoms. The van der Waals surface area contributed by atoms with Crippen molar-refractivity contribution in [3.05, 3.63) is 48.3 Å². The molecule has 106 valence electrons. The number of benzene rings is 1. The van der Waals surface area contributed by atoms with E-state index in [1.165, 1.54) is 12.1 Å². The number of nitrogens with zero attached hydrogens (tertiary/aromatic N) is 1. The van der Waals surface area contributed by atoms with Crippen molar-refractivity contribution in [2.45, 2.75) is 12.5 Å². The molecule has 0 spiro atoms. The summed E-state index contributed by atoms with van der Waals surface area (Å²) in [5.74, 6) is -1.07. The number of likely N-dealkylation sites (tertiary alicyclic amines) is 1. The third kappa shape index (κ3) is 2.71. The van der Waals surface area contributed by atoms with Gasteiger partial charge in [0.2, 0.25) is 11.8 Å². The van der Waals surface area contributed by atoms with Crippen LogP contribution < -0.4 is 5.32 Å². The van der Waals surface area contributed by atoms with E-state index < -0.39 is 5.92 Å². The molecular formula is C15H17FN2O2. The lowest BCUT2D eigenvalue weighted by atomic mass is 9.93. The minimum absolute atomic E-state index is 0.0851. The highest BCUT2D eigenvalue weighted by atomic mass is 19.1. The molecule has 2 atom stereocenters. The zero-order chi connectivity index (χ0) is 14.7. The molecule has 0 aliphatic carbocycles. The van der Waals surface area contributed by atoms with Crippen LogP contribution >= 0.6 is 0 Å². The Bertz CT molecular complexity index is 527. The van der Waals surface area contributed by atoms with Crippen LogP contribution in [0.3, 0.4) is 0 Å². The maximum Gasteiger partial charge on any atom is 0.226 e. The van der Waals surface area contributed by atoms with Crippen LogP contribution in [-0.2, 0) is 9.59 Å². The lowest BCUT2D eigenvalue weighted by Crippen LogP contribution is -2.34. The van der Waals surface area contributed by atoms with E-state index in [0.717, 1.165) is 5.56 Å². The first-order valence-corrected chi connectivity index (χ1v) is 6.44. The average molecular weight is 276 g/mol. The first-order chi connectivity index (χ1) is 9.54. The van der Waals surface area contributed by atoms with Crippen molar-refractivity contribution in [1.82, 2.24) is 10.2 Å². The van der Waals surface area contributed by atoms with Gasteiger partial charge in [-0.15, -0.1) is 6.58 Å². The molecule has 1 saturated heterocycles. The highest BCUT2D eigenvalue weighted by Gasteiger charge is 2.42. The van der Waals surface area contributed by atoms with Gasteiger partial charge in [0, 0.05) is 20.0 Å². The van der Waals surface area contributed by atoms with Gasteiger partial charge in [0.1, 0.15) is 5.82 Å². The molecule has 1 aliphatic rings. The number of rotatable bonds is 4. The van der Waals surface area contributed by atoms with Crippen LogP contribution in [0.25, 0.3) is 0 Å². The molecule has 1 fully saturated rings. The summed E-state index contributed by atoms with van der Waals surface area (Å²) < 4.78 is 13.0. The fourth-order valence-electron chi connectivity index (χ4n) is 2.52. The van der Waals surface area contributed by atoms with E-state index in [2.05, 4.69) is 11.9 Å². The second-order valence-corrected chi connectivity index (χ2v) is 4.85. The van der Waals surface area contributed by atoms with Gasteiger partial charge in [-0.3, -0.25) is 9.59 Å². The van der Waals surface area contributed by atoms with Gasteiger partial charge < -0.3 is 10.2 Å². The Balaban J connectivity index is 2.26. The van der Waals surface area contributed by atoms with E-state index >= 15 is 0 Å². The predicted octanol–water partition coefficient (Wildman–Crippen LogP) is 1.65. The minimum atomic E-state index is -0.460. The quantitative estimate of drug-likeness (QED) is 0.850. The first-order valence-electron chi connectivity index (χ1n) is 6.44. The number of amides is 2. The Hall–Kier alpha value is -2.17. The summed E-state index contributed by atoms with van der Waals surface area (Å²) in [7, 11) is 1.66. The van der Waals surface area contributed by atoms with Crippen molar-refractivity contribution >= 4 is 11.8 Å². The number of hydrogen-bond acceptors (Lipinski definition) is 2. The Kier molecular flexibility index (Phi) is 4.17. The summed E-state index contributed by atoms with van der Waals surface area (Å²) in [5.41, 5.74) is 0.763. The standard InChI is InChI=1S/C15H17FN2O2/c1-3-8-17-15(20)12-9-13(19)18(2)14(12)10-4-6-11(16)7-5-10/h3-7,12,14H,1,8-9H2,2H3,(H,17,20)/t12-,14-/m1/s1. The molecule has 1 N–H and O–H groups in total. The largest absolute Gasteiger partial charge is 0.352 e. The average Bonchev–Trinajstić information content (AvgIpc) is 2.73. The number of hydrogen-bond donors (Lipinski definition) is 1. The normalized spacial score (nSPS) is 21.9. The molecule has 1 aromatic carbocycles. The SMILES string of the molecule is C=CCNC(=O)[C@@H]1CC(=O)N(C)[C@@H]1c1ccc(F)cc1. The van der Waals surface area contributed by atoms with E-state index in [9.17, 15) is 14.0 Å². The zero-order valence-corrected chi connectivity index (χ0v) is 11.3. The molecule has 4 nitrogen and oxygen atoms in total. The highest BCUT2D eigenvalue weighted by Crippen LogP contribution is 2.37. The van der Waals surface area contributed by atoms with Crippen LogP contribution in [0.4, 0.5) is 4.39 Å². The molecule has 2 rings (SSSR count). The fourth-order valence-corrected chi connectivity index (χ4v) is 2.52. The van der Waals surface area contributed by atoms with E-state index in [-0.39, 0.29) is 30.1 Å². The molecule has 0 aromatic heterocycles. The smallest absolute Gasteiger partial charge is 0.226 e. The van der Waals surface area contributed by atoms with Gasteiger partial charge in [0.05, 0.1) is 12.0 Å². The van der Waals surface area contributed by atoms with Gasteiger partial charge in [0.15, 0.2) is 0 Å². The van der Waals surface area contributed by atoms with E-state index in [1.54, 1.807) is 30.2 Å². The van der Waals surface area contributed by atoms with Crippen LogP contribution in [0.1, 0.15) is 18.0 Å². The van der Waals surface area contributed by atoms with Gasteiger partial charge in [0.25, 0.3) is 0 Å². The van der Waals surface area contributed by atoms with Crippen molar-refractivity contribution in [3.63, 3.8) is 0 Å². The fraction of sp³-hybridized carbons (Fsp3) is 0.333. The Morgan fingerprint density at radius 1 is 1.50 bits per heavy atom. The number of halogens is 1. The summed E-state index contributed by atoms with van der Waals surface area (Å²) in [6.45, 7) is 3.91. The molecule has 0 unspecified atom stereocenters. The Morgan fingerprint density at radius 3 is 2.75 bits per heavy atom. The molecule has 5 heteroatoms. The van der Waals surface area contributed by atoms with Crippen molar-refractivity contribution in [3.8, 4) is 0 Å². The number of carbonyl (C=O) groups is 2. The van der Waals surface area contributed by atoms with Gasteiger partial charge in [-0.1, -0.05) is 18.2 Å². The van der Waals surface area contributed by atoms with Crippen LogP contribution in [-0.4, -0.2) is 30.3 Å². The van der Waals surface area contributed by atoms with Crippen molar-refractivity contribution in [2.75, 3.05) is 13.6 Å². The Labute approximate surface area is 117 Å². The maximum absolute atomic E-state index is 13.0. The van der Waals surface area contributed by atoms with Gasteiger partial charge in [-0.2, -0.15) is 0 Å². The Morgan fingerprint density at radius 2 is 2.15 bits per heavy atom. The van der Waals surface area contributed by atoms with Gasteiger partial charge >= 0.3 is 0 Å². The summed E-state index contributed by atoms with van der Waals surface area (Å²) >= 11 is 0. The maximum atomic E-state index is 13.0. The van der Waals surface area contributed by atoms with E-state index in [0.29, 0.717) is 6.54 Å². The topological polar surface area (TPSA) is 49.4 Å². The van der Waals surface area contributed by atoms with Crippen LogP contribution in [0.5, 0.6) is 0 Å². The summed E-state index contributed by atoms with van der Waals surface area (Å²) in [5, 5.41) is 2.72. The van der Waals surface area contributed by atoms with Crippen LogP contribution in [0.15, 0.2) is 36.9 Å². The molecule has 2 amide bonds.